The average Bonchev–Trinajstić information content (AvgIpc) is 2.82. The van der Waals surface area contributed by atoms with Crippen molar-refractivity contribution < 1.29 is 0 Å². The molecule has 0 atom stereocenters. The van der Waals surface area contributed by atoms with Crippen molar-refractivity contribution in [2.75, 3.05) is 11.6 Å². The third-order valence-electron chi connectivity index (χ3n) is 2.88. The van der Waals surface area contributed by atoms with Crippen LogP contribution in [0.2, 0.25) is 0 Å². The first-order valence-electron chi connectivity index (χ1n) is 5.42. The molecule has 0 amide bonds. The number of anilines is 1. The van der Waals surface area contributed by atoms with Gasteiger partial charge in [0, 0.05) is 11.3 Å². The molecule has 0 saturated heterocycles. The summed E-state index contributed by atoms with van der Waals surface area (Å²) in [5.41, 5.74) is 6.96. The van der Waals surface area contributed by atoms with Crippen LogP contribution in [0.1, 0.15) is 29.8 Å². The van der Waals surface area contributed by atoms with Crippen LogP contribution in [0.25, 0.3) is 0 Å². The normalized spacial score (nSPS) is 19.0. The lowest BCUT2D eigenvalue weighted by atomic mass is 10.0. The smallest absolute Gasteiger partial charge is 0.206 e. The molecular formula is C10H15ClN4S. The molecule has 0 aromatic carbocycles. The number of fused-ring (bicyclic) bond motifs is 1. The Morgan fingerprint density at radius 1 is 1.19 bits per heavy atom. The summed E-state index contributed by atoms with van der Waals surface area (Å²) in [6, 6.07) is 0. The molecule has 4 nitrogen and oxygen atoms in total. The molecule has 6 heteroatoms. The van der Waals surface area contributed by atoms with Crippen LogP contribution in [0.4, 0.5) is 5.13 Å². The van der Waals surface area contributed by atoms with Gasteiger partial charge in [-0.1, -0.05) is 11.3 Å². The molecule has 2 aliphatic rings. The van der Waals surface area contributed by atoms with Crippen molar-refractivity contribution in [3.63, 3.8) is 0 Å². The summed E-state index contributed by atoms with van der Waals surface area (Å²) in [6.07, 6.45) is 5.78. The Kier molecular flexibility index (Phi) is 3.35. The van der Waals surface area contributed by atoms with Gasteiger partial charge in [-0.05, 0) is 25.7 Å². The number of hydrazone groups is 1. The van der Waals surface area contributed by atoms with Crippen molar-refractivity contribution in [2.45, 2.75) is 32.1 Å². The second-order valence-electron chi connectivity index (χ2n) is 4.04. The number of hydrogen-bond acceptors (Lipinski definition) is 5. The molecule has 2 heterocycles. The van der Waals surface area contributed by atoms with Gasteiger partial charge in [0.15, 0.2) is 0 Å². The van der Waals surface area contributed by atoms with Crippen LogP contribution in [-0.2, 0) is 12.8 Å². The first-order chi connectivity index (χ1) is 7.33. The molecule has 0 bridgehead atoms. The summed E-state index contributed by atoms with van der Waals surface area (Å²) in [5.74, 6) is 0.725. The lowest BCUT2D eigenvalue weighted by Crippen LogP contribution is -2.11. The minimum atomic E-state index is 0. The highest BCUT2D eigenvalue weighted by atomic mass is 35.5. The predicted octanol–water partition coefficient (Wildman–Crippen LogP) is 1.93. The van der Waals surface area contributed by atoms with E-state index in [1.165, 1.54) is 29.8 Å². The number of aromatic nitrogens is 1. The van der Waals surface area contributed by atoms with Gasteiger partial charge in [-0.25, -0.2) is 9.99 Å². The van der Waals surface area contributed by atoms with Crippen molar-refractivity contribution in [3.05, 3.63) is 10.6 Å². The monoisotopic (exact) mass is 258 g/mol. The molecule has 0 unspecified atom stereocenters. The fourth-order valence-electron chi connectivity index (χ4n) is 2.06. The van der Waals surface area contributed by atoms with Gasteiger partial charge < -0.3 is 5.73 Å². The van der Waals surface area contributed by atoms with E-state index >= 15 is 0 Å². The van der Waals surface area contributed by atoms with Crippen molar-refractivity contribution in [3.8, 4) is 0 Å². The molecule has 0 spiro atoms. The Hall–Kier alpha value is -0.810. The van der Waals surface area contributed by atoms with Crippen LogP contribution in [-0.4, -0.2) is 17.4 Å². The van der Waals surface area contributed by atoms with E-state index in [1.807, 2.05) is 5.01 Å². The van der Waals surface area contributed by atoms with Gasteiger partial charge in [0.25, 0.3) is 0 Å². The Balaban J connectivity index is 0.000000963. The van der Waals surface area contributed by atoms with Gasteiger partial charge in [-0.2, -0.15) is 5.10 Å². The number of hydrogen-bond donors (Lipinski definition) is 1. The predicted molar refractivity (Wildman–Crippen MR) is 69.6 cm³/mol. The summed E-state index contributed by atoms with van der Waals surface area (Å²) in [6.45, 7) is 0.887. The van der Waals surface area contributed by atoms with Gasteiger partial charge >= 0.3 is 0 Å². The van der Waals surface area contributed by atoms with E-state index in [2.05, 4.69) is 10.1 Å². The topological polar surface area (TPSA) is 54.5 Å². The minimum Gasteiger partial charge on any atom is -0.386 e. The molecule has 1 aromatic rings. The van der Waals surface area contributed by atoms with Crippen molar-refractivity contribution in [1.82, 2.24) is 4.98 Å². The van der Waals surface area contributed by atoms with Crippen molar-refractivity contribution in [2.24, 2.45) is 10.8 Å². The Morgan fingerprint density at radius 3 is 2.69 bits per heavy atom. The van der Waals surface area contributed by atoms with Crippen molar-refractivity contribution in [1.29, 1.82) is 0 Å². The summed E-state index contributed by atoms with van der Waals surface area (Å²) in [7, 11) is 0. The standard InChI is InChI=1S/C10H14N4S.ClH/c11-9-5-6-14(13-9)10-12-7-3-1-2-4-8(7)15-10;/h1-6H2,(H2,11,13);1H. The molecule has 16 heavy (non-hydrogen) atoms. The maximum Gasteiger partial charge on any atom is 0.206 e. The first kappa shape index (κ1) is 11.7. The van der Waals surface area contributed by atoms with Gasteiger partial charge in [-0.3, -0.25) is 0 Å². The van der Waals surface area contributed by atoms with E-state index in [0.29, 0.717) is 0 Å². The van der Waals surface area contributed by atoms with Gasteiger partial charge in [-0.15, -0.1) is 12.4 Å². The highest BCUT2D eigenvalue weighted by Gasteiger charge is 2.21. The SMILES string of the molecule is Cl.NC1=NN(c2nc3c(s2)CCCC3)CC1. The highest BCUT2D eigenvalue weighted by molar-refractivity contribution is 7.15. The minimum absolute atomic E-state index is 0. The van der Waals surface area contributed by atoms with Crippen LogP contribution in [0, 0.1) is 0 Å². The van der Waals surface area contributed by atoms with Crippen LogP contribution >= 0.6 is 23.7 Å². The Morgan fingerprint density at radius 2 is 2.00 bits per heavy atom. The number of amidine groups is 1. The van der Waals surface area contributed by atoms with E-state index in [-0.39, 0.29) is 12.4 Å². The number of rotatable bonds is 1. The van der Waals surface area contributed by atoms with E-state index in [9.17, 15) is 0 Å². The molecule has 0 radical (unpaired) electrons. The number of halogens is 1. The summed E-state index contributed by atoms with van der Waals surface area (Å²) < 4.78 is 0. The van der Waals surface area contributed by atoms with Crippen LogP contribution in [0.5, 0.6) is 0 Å². The largest absolute Gasteiger partial charge is 0.386 e. The molecule has 0 saturated carbocycles. The summed E-state index contributed by atoms with van der Waals surface area (Å²) in [5, 5.41) is 7.25. The third-order valence-corrected chi connectivity index (χ3v) is 4.05. The van der Waals surface area contributed by atoms with Crippen LogP contribution < -0.4 is 10.7 Å². The molecule has 88 valence electrons. The molecule has 3 rings (SSSR count). The Labute approximate surface area is 105 Å². The lowest BCUT2D eigenvalue weighted by molar-refractivity contribution is 0.681. The quantitative estimate of drug-likeness (QED) is 0.837. The Bertz CT molecular complexity index is 391. The molecule has 0 fully saturated rings. The summed E-state index contributed by atoms with van der Waals surface area (Å²) in [4.78, 5) is 6.10. The van der Waals surface area contributed by atoms with Crippen LogP contribution in [0.3, 0.4) is 0 Å². The van der Waals surface area contributed by atoms with E-state index < -0.39 is 0 Å². The number of thiazole rings is 1. The fraction of sp³-hybridized carbons (Fsp3) is 0.600. The molecular weight excluding hydrogens is 244 g/mol. The number of nitrogens with zero attached hydrogens (tertiary/aromatic N) is 3. The number of nitrogens with two attached hydrogens (primary N) is 1. The van der Waals surface area contributed by atoms with Crippen LogP contribution in [0.15, 0.2) is 5.10 Å². The molecule has 1 aromatic heterocycles. The van der Waals surface area contributed by atoms with Gasteiger partial charge in [0.2, 0.25) is 5.13 Å². The number of aryl methyl sites for hydroxylation is 2. The zero-order valence-electron chi connectivity index (χ0n) is 8.98. The third kappa shape index (κ3) is 2.01. The zero-order chi connectivity index (χ0) is 10.3. The zero-order valence-corrected chi connectivity index (χ0v) is 10.6. The highest BCUT2D eigenvalue weighted by Crippen LogP contribution is 2.32. The van der Waals surface area contributed by atoms with E-state index in [0.717, 1.165) is 30.4 Å². The molecule has 1 aliphatic carbocycles. The lowest BCUT2D eigenvalue weighted by Gasteiger charge is -2.07. The maximum atomic E-state index is 5.67. The fourth-order valence-corrected chi connectivity index (χ4v) is 3.19. The second-order valence-corrected chi connectivity index (χ2v) is 5.10. The average molecular weight is 259 g/mol. The maximum absolute atomic E-state index is 5.67. The second kappa shape index (κ2) is 4.59. The van der Waals surface area contributed by atoms with E-state index in [1.54, 1.807) is 11.3 Å². The van der Waals surface area contributed by atoms with Crippen molar-refractivity contribution >= 4 is 34.7 Å². The molecule has 2 N–H and O–H groups in total. The van der Waals surface area contributed by atoms with Gasteiger partial charge in [0.05, 0.1) is 12.2 Å². The van der Waals surface area contributed by atoms with E-state index in [4.69, 9.17) is 5.73 Å². The first-order valence-corrected chi connectivity index (χ1v) is 6.23. The van der Waals surface area contributed by atoms with Gasteiger partial charge in [0.1, 0.15) is 5.84 Å². The summed E-state index contributed by atoms with van der Waals surface area (Å²) >= 11 is 1.79. The molecule has 1 aliphatic heterocycles.